The molecule has 0 saturated heterocycles. The van der Waals surface area contributed by atoms with E-state index in [-0.39, 0.29) is 11.8 Å². The van der Waals surface area contributed by atoms with Gasteiger partial charge in [-0.15, -0.1) is 0 Å². The topological polar surface area (TPSA) is 83.5 Å². The van der Waals surface area contributed by atoms with Crippen molar-refractivity contribution in [3.63, 3.8) is 0 Å². The Morgan fingerprint density at radius 3 is 2.16 bits per heavy atom. The molecular formula is C17H21F2O5S-. The Labute approximate surface area is 145 Å². The lowest BCUT2D eigenvalue weighted by Gasteiger charge is -2.73. The lowest BCUT2D eigenvalue weighted by atomic mass is 9.31. The summed E-state index contributed by atoms with van der Waals surface area (Å²) in [6, 6.07) is 0. The quantitative estimate of drug-likeness (QED) is 0.556. The molecule has 4 atom stereocenters. The highest BCUT2D eigenvalue weighted by molar-refractivity contribution is 7.86. The van der Waals surface area contributed by atoms with Crippen molar-refractivity contribution in [1.29, 1.82) is 0 Å². The first kappa shape index (κ1) is 16.4. The van der Waals surface area contributed by atoms with Gasteiger partial charge in [0.1, 0.15) is 0 Å². The molecule has 8 heteroatoms. The zero-order valence-corrected chi connectivity index (χ0v) is 14.5. The fourth-order valence-corrected chi connectivity index (χ4v) is 7.90. The Morgan fingerprint density at radius 2 is 1.60 bits per heavy atom. The summed E-state index contributed by atoms with van der Waals surface area (Å²) in [6.07, 6.45) is 6.11. The van der Waals surface area contributed by atoms with E-state index in [1.54, 1.807) is 0 Å². The average Bonchev–Trinajstić information content (AvgIpc) is 2.55. The Bertz CT molecular complexity index is 711. The van der Waals surface area contributed by atoms with Gasteiger partial charge in [-0.3, -0.25) is 4.79 Å². The third-order valence-corrected chi connectivity index (χ3v) is 9.04. The first-order valence-corrected chi connectivity index (χ1v) is 10.5. The maximum Gasteiger partial charge on any atom is 0.367 e. The van der Waals surface area contributed by atoms with Crippen molar-refractivity contribution in [2.24, 2.45) is 46.8 Å². The van der Waals surface area contributed by atoms with Crippen LogP contribution in [0.5, 0.6) is 0 Å². The largest absolute Gasteiger partial charge is 0.743 e. The SMILES string of the molecule is O=C(OCC(F)(F)S(=O)(=O)[O-])C12CC3CC4C5CC(CC41)CC2C5C3. The third kappa shape index (κ3) is 1.95. The smallest absolute Gasteiger partial charge is 0.367 e. The van der Waals surface area contributed by atoms with Gasteiger partial charge in [-0.25, -0.2) is 8.42 Å². The van der Waals surface area contributed by atoms with Gasteiger partial charge in [0.2, 0.25) is 0 Å². The molecule has 7 rings (SSSR count). The van der Waals surface area contributed by atoms with Crippen molar-refractivity contribution in [2.75, 3.05) is 6.61 Å². The number of hydrogen-bond donors (Lipinski definition) is 0. The number of carbonyl (C=O) groups excluding carboxylic acids is 1. The van der Waals surface area contributed by atoms with Gasteiger partial charge in [0.25, 0.3) is 0 Å². The molecule has 0 aromatic rings. The monoisotopic (exact) mass is 375 g/mol. The van der Waals surface area contributed by atoms with E-state index in [0.717, 1.165) is 25.7 Å². The zero-order chi connectivity index (χ0) is 17.8. The minimum Gasteiger partial charge on any atom is -0.743 e. The highest BCUT2D eigenvalue weighted by Crippen LogP contribution is 2.76. The van der Waals surface area contributed by atoms with Crippen molar-refractivity contribution in [3.05, 3.63) is 0 Å². The number of rotatable bonds is 4. The van der Waals surface area contributed by atoms with Crippen molar-refractivity contribution >= 4 is 16.1 Å². The second-order valence-corrected chi connectivity index (χ2v) is 10.5. The molecule has 0 spiro atoms. The van der Waals surface area contributed by atoms with E-state index < -0.39 is 33.4 Å². The highest BCUT2D eigenvalue weighted by Gasteiger charge is 2.73. The van der Waals surface area contributed by atoms with Crippen LogP contribution in [0.15, 0.2) is 0 Å². The summed E-state index contributed by atoms with van der Waals surface area (Å²) in [7, 11) is -5.83. The molecule has 25 heavy (non-hydrogen) atoms. The summed E-state index contributed by atoms with van der Waals surface area (Å²) >= 11 is 0. The molecule has 0 aliphatic heterocycles. The van der Waals surface area contributed by atoms with Crippen LogP contribution >= 0.6 is 0 Å². The van der Waals surface area contributed by atoms with E-state index in [9.17, 15) is 26.5 Å². The molecule has 0 aromatic carbocycles. The lowest BCUT2D eigenvalue weighted by molar-refractivity contribution is -0.260. The Hall–Kier alpha value is -0.760. The maximum atomic E-state index is 13.4. The van der Waals surface area contributed by atoms with Crippen molar-refractivity contribution < 1.29 is 31.3 Å². The van der Waals surface area contributed by atoms with Crippen LogP contribution in [0.25, 0.3) is 0 Å². The Kier molecular flexibility index (Phi) is 3.11. The number of hydrogen-bond acceptors (Lipinski definition) is 5. The number of esters is 1. The van der Waals surface area contributed by atoms with Gasteiger partial charge in [0.15, 0.2) is 16.7 Å². The minimum atomic E-state index is -5.83. The standard InChI is InChI=1S/C17H22F2O5S/c18-17(19,25(21,22)23)7-24-15(20)16-6-9-2-11-10-1-8(4-13(11)16)5-14(16)12(10)3-9/h8-14H,1-7H2,(H,21,22,23)/p-1. The fourth-order valence-electron chi connectivity index (χ4n) is 7.70. The molecule has 8 bridgehead atoms. The van der Waals surface area contributed by atoms with Gasteiger partial charge in [-0.05, 0) is 80.0 Å². The van der Waals surface area contributed by atoms with E-state index in [1.807, 2.05) is 0 Å². The van der Waals surface area contributed by atoms with Crippen LogP contribution in [-0.4, -0.2) is 30.8 Å². The van der Waals surface area contributed by atoms with Crippen LogP contribution in [0.1, 0.15) is 38.5 Å². The summed E-state index contributed by atoms with van der Waals surface area (Å²) in [4.78, 5) is 13.0. The molecule has 7 aliphatic rings. The lowest BCUT2D eigenvalue weighted by Crippen LogP contribution is -2.70. The Balaban J connectivity index is 1.44. The normalized spacial score (nSPS) is 49.6. The zero-order valence-electron chi connectivity index (χ0n) is 13.7. The molecule has 0 amide bonds. The van der Waals surface area contributed by atoms with Crippen LogP contribution in [0, 0.1) is 46.8 Å². The van der Waals surface area contributed by atoms with E-state index in [1.165, 1.54) is 6.42 Å². The van der Waals surface area contributed by atoms with Gasteiger partial charge in [-0.2, -0.15) is 8.78 Å². The molecule has 0 radical (unpaired) electrons. The van der Waals surface area contributed by atoms with Crippen LogP contribution in [0.2, 0.25) is 0 Å². The number of carbonyl (C=O) groups is 1. The average molecular weight is 375 g/mol. The summed E-state index contributed by atoms with van der Waals surface area (Å²) < 4.78 is 63.7. The van der Waals surface area contributed by atoms with E-state index >= 15 is 0 Å². The van der Waals surface area contributed by atoms with Gasteiger partial charge in [0, 0.05) is 0 Å². The number of ether oxygens (including phenoxy) is 1. The predicted octanol–water partition coefficient (Wildman–Crippen LogP) is 2.38. The molecule has 4 unspecified atom stereocenters. The summed E-state index contributed by atoms with van der Waals surface area (Å²) in [5.41, 5.74) is -0.716. The van der Waals surface area contributed by atoms with Crippen LogP contribution in [0.3, 0.4) is 0 Å². The van der Waals surface area contributed by atoms with Gasteiger partial charge in [-0.1, -0.05) is 0 Å². The molecule has 7 fully saturated rings. The molecule has 5 nitrogen and oxygen atoms in total. The van der Waals surface area contributed by atoms with Crippen molar-refractivity contribution in [3.8, 4) is 0 Å². The first-order valence-electron chi connectivity index (χ1n) is 9.14. The van der Waals surface area contributed by atoms with Gasteiger partial charge >= 0.3 is 11.2 Å². The maximum absolute atomic E-state index is 13.4. The summed E-state index contributed by atoms with van der Waals surface area (Å²) in [5.74, 6) is 2.42. The predicted molar refractivity (Wildman–Crippen MR) is 80.2 cm³/mol. The molecule has 0 heterocycles. The number of halogens is 2. The third-order valence-electron chi connectivity index (χ3n) is 8.19. The molecule has 7 aliphatic carbocycles. The molecule has 0 N–H and O–H groups in total. The second kappa shape index (κ2) is 4.74. The molecule has 0 aromatic heterocycles. The van der Waals surface area contributed by atoms with Crippen LogP contribution < -0.4 is 0 Å². The minimum absolute atomic E-state index is 0.188. The summed E-state index contributed by atoms with van der Waals surface area (Å²) in [6.45, 7) is -1.66. The molecular weight excluding hydrogens is 354 g/mol. The van der Waals surface area contributed by atoms with Crippen LogP contribution in [0.4, 0.5) is 8.78 Å². The summed E-state index contributed by atoms with van der Waals surface area (Å²) in [5, 5.41) is -4.57. The fraction of sp³-hybridized carbons (Fsp3) is 0.941. The van der Waals surface area contributed by atoms with E-state index in [2.05, 4.69) is 0 Å². The highest BCUT2D eigenvalue weighted by atomic mass is 32.2. The molecule has 140 valence electrons. The first-order chi connectivity index (χ1) is 11.6. The second-order valence-electron chi connectivity index (χ2n) is 9.03. The number of alkyl halides is 2. The Morgan fingerprint density at radius 1 is 1.04 bits per heavy atom. The molecule has 7 saturated carbocycles. The van der Waals surface area contributed by atoms with Crippen molar-refractivity contribution in [1.82, 2.24) is 0 Å². The van der Waals surface area contributed by atoms with E-state index in [0.29, 0.717) is 36.0 Å². The van der Waals surface area contributed by atoms with Gasteiger partial charge in [0.05, 0.1) is 5.41 Å². The van der Waals surface area contributed by atoms with Gasteiger partial charge < -0.3 is 9.29 Å². The van der Waals surface area contributed by atoms with E-state index in [4.69, 9.17) is 4.74 Å². The van der Waals surface area contributed by atoms with Crippen LogP contribution in [-0.2, 0) is 19.6 Å². The van der Waals surface area contributed by atoms with Crippen molar-refractivity contribution in [2.45, 2.75) is 43.8 Å².